The Balaban J connectivity index is 2.41. The molecule has 0 amide bonds. The van der Waals surface area contributed by atoms with Crippen molar-refractivity contribution in [2.24, 2.45) is 7.05 Å². The summed E-state index contributed by atoms with van der Waals surface area (Å²) in [5.74, 6) is -0.517. The number of anilines is 1. The summed E-state index contributed by atoms with van der Waals surface area (Å²) in [6, 6.07) is 0. The molecule has 0 radical (unpaired) electrons. The summed E-state index contributed by atoms with van der Waals surface area (Å²) in [7, 11) is 1.50. The summed E-state index contributed by atoms with van der Waals surface area (Å²) in [6.07, 6.45) is -3.45. The number of Topliss-reactive ketones (excluding diaryl/α,β-unsaturated/α-hetero) is 1. The average molecular weight is 345 g/mol. The molecule has 9 nitrogen and oxygen atoms in total. The van der Waals surface area contributed by atoms with E-state index in [0.717, 1.165) is 0 Å². The number of carbonyl (C=O) groups excluding carboxylic acids is 1. The van der Waals surface area contributed by atoms with E-state index in [1.54, 1.807) is 6.26 Å². The number of carbonyl (C=O) groups is 1. The Morgan fingerprint density at radius 3 is 2.61 bits per heavy atom. The molecule has 0 unspecified atom stereocenters. The Morgan fingerprint density at radius 1 is 1.39 bits per heavy atom. The number of nitrogens with zero attached hydrogens (tertiary/aromatic N) is 2. The first-order chi connectivity index (χ1) is 10.8. The van der Waals surface area contributed by atoms with Gasteiger partial charge in [-0.25, -0.2) is 4.98 Å². The molecular formula is C13H19N3O6S. The molecule has 1 aromatic heterocycles. The van der Waals surface area contributed by atoms with Gasteiger partial charge in [-0.2, -0.15) is 0 Å². The fourth-order valence-electron chi connectivity index (χ4n) is 2.25. The molecule has 2 heterocycles. The lowest BCUT2D eigenvalue weighted by atomic mass is 10.0. The molecule has 10 heteroatoms. The third kappa shape index (κ3) is 3.40. The van der Waals surface area contributed by atoms with Crippen LogP contribution < -0.4 is 10.9 Å². The maximum atomic E-state index is 12.3. The summed E-state index contributed by atoms with van der Waals surface area (Å²) in [6.45, 7) is 1.03. The van der Waals surface area contributed by atoms with Crippen molar-refractivity contribution in [3.8, 4) is 0 Å². The van der Waals surface area contributed by atoms with E-state index in [1.165, 1.54) is 30.3 Å². The number of hydrogen-bond donors (Lipinski definition) is 4. The summed E-state index contributed by atoms with van der Waals surface area (Å²) >= 11 is 1.22. The van der Waals surface area contributed by atoms with Crippen LogP contribution in [-0.2, 0) is 11.8 Å². The van der Waals surface area contributed by atoms with Crippen molar-refractivity contribution in [3.63, 3.8) is 0 Å². The van der Waals surface area contributed by atoms with Gasteiger partial charge < -0.3 is 25.4 Å². The maximum Gasteiger partial charge on any atom is 0.266 e. The summed E-state index contributed by atoms with van der Waals surface area (Å²) in [5, 5.41) is 32.1. The average Bonchev–Trinajstić information content (AvgIpc) is 2.50. The monoisotopic (exact) mass is 345 g/mol. The van der Waals surface area contributed by atoms with Crippen LogP contribution in [0.1, 0.15) is 17.3 Å². The van der Waals surface area contributed by atoms with Gasteiger partial charge in [0.15, 0.2) is 17.2 Å². The van der Waals surface area contributed by atoms with Crippen LogP contribution in [0.5, 0.6) is 0 Å². The molecule has 0 spiro atoms. The number of aromatic nitrogens is 2. The smallest absolute Gasteiger partial charge is 0.266 e. The first-order valence-electron chi connectivity index (χ1n) is 6.86. The van der Waals surface area contributed by atoms with Crippen molar-refractivity contribution < 1.29 is 24.9 Å². The Kier molecular flexibility index (Phi) is 5.42. The standard InChI is InChI=1S/C13H19N3O6S/c1-5(17)7-10(15-13(23-3)16(2)12(7)21)14-11-9(20)8(19)6(18)4-22-11/h6,8-9,11,14,18-20H,4H2,1-3H3/t6-,8-,9+,11-/m1/s1. The van der Waals surface area contributed by atoms with Crippen molar-refractivity contribution in [3.05, 3.63) is 15.9 Å². The van der Waals surface area contributed by atoms with Crippen molar-refractivity contribution in [2.45, 2.75) is 36.6 Å². The fraction of sp³-hybridized carbons (Fsp3) is 0.615. The number of thioether (sulfide) groups is 1. The summed E-state index contributed by atoms with van der Waals surface area (Å²) < 4.78 is 6.47. The quantitative estimate of drug-likeness (QED) is 0.294. The van der Waals surface area contributed by atoms with Crippen molar-refractivity contribution in [1.29, 1.82) is 0 Å². The maximum absolute atomic E-state index is 12.3. The largest absolute Gasteiger partial charge is 0.388 e. The zero-order valence-corrected chi connectivity index (χ0v) is 13.7. The van der Waals surface area contributed by atoms with Crippen LogP contribution in [0.2, 0.25) is 0 Å². The Morgan fingerprint density at radius 2 is 2.04 bits per heavy atom. The van der Waals surface area contributed by atoms with Gasteiger partial charge in [-0.3, -0.25) is 14.2 Å². The first kappa shape index (κ1) is 17.9. The lowest BCUT2D eigenvalue weighted by molar-refractivity contribution is -0.178. The molecular weight excluding hydrogens is 326 g/mol. The van der Waals surface area contributed by atoms with Gasteiger partial charge in [0.25, 0.3) is 5.56 Å². The SMILES string of the molecule is CSc1nc(N[C@@H]2OC[C@@H](O)[C@@H](O)[C@@H]2O)c(C(C)=O)c(=O)n1C. The molecule has 1 fully saturated rings. The van der Waals surface area contributed by atoms with Crippen LogP contribution in [0, 0.1) is 0 Å². The third-order valence-electron chi connectivity index (χ3n) is 3.56. The van der Waals surface area contributed by atoms with Crippen molar-refractivity contribution in [2.75, 3.05) is 18.2 Å². The van der Waals surface area contributed by atoms with E-state index in [2.05, 4.69) is 10.3 Å². The van der Waals surface area contributed by atoms with Crippen LogP contribution in [0.3, 0.4) is 0 Å². The number of rotatable bonds is 4. The topological polar surface area (TPSA) is 134 Å². The first-order valence-corrected chi connectivity index (χ1v) is 8.08. The number of aliphatic hydroxyl groups excluding tert-OH is 3. The number of ether oxygens (including phenoxy) is 1. The number of nitrogens with one attached hydrogen (secondary N) is 1. The van der Waals surface area contributed by atoms with Crippen LogP contribution in [-0.4, -0.2) is 68.1 Å². The molecule has 128 valence electrons. The zero-order chi connectivity index (χ0) is 17.3. The summed E-state index contributed by atoms with van der Waals surface area (Å²) in [5.41, 5.74) is -0.688. The lowest BCUT2D eigenvalue weighted by Gasteiger charge is -2.35. The minimum absolute atomic E-state index is 0.0300. The van der Waals surface area contributed by atoms with Crippen LogP contribution >= 0.6 is 11.8 Å². The normalized spacial score (nSPS) is 27.7. The van der Waals surface area contributed by atoms with E-state index in [1.807, 2.05) is 0 Å². The fourth-order valence-corrected chi connectivity index (χ4v) is 2.79. The van der Waals surface area contributed by atoms with E-state index < -0.39 is 35.9 Å². The van der Waals surface area contributed by atoms with Gasteiger partial charge in [0.1, 0.15) is 29.7 Å². The highest BCUT2D eigenvalue weighted by Crippen LogP contribution is 2.21. The molecule has 0 aromatic carbocycles. The van der Waals surface area contributed by atoms with Gasteiger partial charge in [-0.05, 0) is 13.2 Å². The molecule has 1 saturated heterocycles. The molecule has 1 aliphatic rings. The van der Waals surface area contributed by atoms with Gasteiger partial charge in [0, 0.05) is 7.05 Å². The highest BCUT2D eigenvalue weighted by atomic mass is 32.2. The lowest BCUT2D eigenvalue weighted by Crippen LogP contribution is -2.55. The van der Waals surface area contributed by atoms with Crippen LogP contribution in [0.25, 0.3) is 0 Å². The molecule has 2 rings (SSSR count). The zero-order valence-electron chi connectivity index (χ0n) is 12.9. The third-order valence-corrected chi connectivity index (χ3v) is 4.29. The predicted molar refractivity (Wildman–Crippen MR) is 82.6 cm³/mol. The second-order valence-corrected chi connectivity index (χ2v) is 5.96. The molecule has 4 atom stereocenters. The Labute approximate surface area is 136 Å². The summed E-state index contributed by atoms with van der Waals surface area (Å²) in [4.78, 5) is 28.3. The number of aliphatic hydroxyl groups is 3. The molecule has 0 aliphatic carbocycles. The molecule has 23 heavy (non-hydrogen) atoms. The highest BCUT2D eigenvalue weighted by Gasteiger charge is 2.38. The minimum Gasteiger partial charge on any atom is -0.388 e. The van der Waals surface area contributed by atoms with E-state index in [4.69, 9.17) is 4.74 Å². The number of ketones is 1. The molecule has 0 bridgehead atoms. The Bertz CT molecular complexity index is 664. The molecule has 1 aromatic rings. The second-order valence-electron chi connectivity index (χ2n) is 5.19. The minimum atomic E-state index is -1.44. The van der Waals surface area contributed by atoms with E-state index in [-0.39, 0.29) is 18.0 Å². The van der Waals surface area contributed by atoms with Gasteiger partial charge in [0.05, 0.1) is 6.61 Å². The number of hydrogen-bond acceptors (Lipinski definition) is 9. The predicted octanol–water partition coefficient (Wildman–Crippen LogP) is -1.44. The van der Waals surface area contributed by atoms with Crippen molar-refractivity contribution in [1.82, 2.24) is 9.55 Å². The molecule has 0 saturated carbocycles. The molecule has 1 aliphatic heterocycles. The van der Waals surface area contributed by atoms with E-state index >= 15 is 0 Å². The van der Waals surface area contributed by atoms with Gasteiger partial charge >= 0.3 is 0 Å². The van der Waals surface area contributed by atoms with Gasteiger partial charge in [0.2, 0.25) is 0 Å². The second kappa shape index (κ2) is 6.97. The molecule has 4 N–H and O–H groups in total. The van der Waals surface area contributed by atoms with E-state index in [9.17, 15) is 24.9 Å². The van der Waals surface area contributed by atoms with Gasteiger partial charge in [-0.1, -0.05) is 11.8 Å². The van der Waals surface area contributed by atoms with Crippen LogP contribution in [0.15, 0.2) is 9.95 Å². The highest BCUT2D eigenvalue weighted by molar-refractivity contribution is 7.98. The Hall–Kier alpha value is -1.46. The van der Waals surface area contributed by atoms with E-state index in [0.29, 0.717) is 5.16 Å². The van der Waals surface area contributed by atoms with Gasteiger partial charge in [-0.15, -0.1) is 0 Å². The van der Waals surface area contributed by atoms with Crippen molar-refractivity contribution >= 4 is 23.4 Å². The van der Waals surface area contributed by atoms with Crippen LogP contribution in [0.4, 0.5) is 5.82 Å².